The summed E-state index contributed by atoms with van der Waals surface area (Å²) >= 11 is 0. The van der Waals surface area contributed by atoms with Gasteiger partial charge < -0.3 is 15.2 Å². The fourth-order valence-corrected chi connectivity index (χ4v) is 0.938. The quantitative estimate of drug-likeness (QED) is 0.558. The van der Waals surface area contributed by atoms with Crippen LogP contribution in [0.4, 0.5) is 0 Å². The lowest BCUT2D eigenvalue weighted by atomic mass is 10.2. The molecule has 0 aromatic carbocycles. The molecule has 1 fully saturated rings. The lowest BCUT2D eigenvalue weighted by molar-refractivity contribution is -0.142. The second kappa shape index (κ2) is 4.42. The Morgan fingerprint density at radius 2 is 2.42 bits per heavy atom. The van der Waals surface area contributed by atoms with Crippen LogP contribution in [0.2, 0.25) is 0 Å². The molecule has 4 nitrogen and oxygen atoms in total. The Morgan fingerprint density at radius 3 is 2.92 bits per heavy atom. The molecule has 0 amide bonds. The Labute approximate surface area is 71.9 Å². The van der Waals surface area contributed by atoms with Gasteiger partial charge in [0.1, 0.15) is 0 Å². The molecular weight excluding hydrogens is 158 g/mol. The summed E-state index contributed by atoms with van der Waals surface area (Å²) < 4.78 is 4.42. The Kier molecular flexibility index (Phi) is 3.49. The SMILES string of the molecule is COC(=O)CC(O)CNC1CC1. The highest BCUT2D eigenvalue weighted by Crippen LogP contribution is 2.18. The Balaban J connectivity index is 2.01. The molecule has 0 aromatic rings. The van der Waals surface area contributed by atoms with Crippen molar-refractivity contribution in [1.29, 1.82) is 0 Å². The third-order valence-corrected chi connectivity index (χ3v) is 1.85. The van der Waals surface area contributed by atoms with Gasteiger partial charge in [-0.1, -0.05) is 0 Å². The van der Waals surface area contributed by atoms with E-state index in [1.54, 1.807) is 0 Å². The van der Waals surface area contributed by atoms with Gasteiger partial charge >= 0.3 is 5.97 Å². The topological polar surface area (TPSA) is 58.6 Å². The number of aliphatic hydroxyl groups excluding tert-OH is 1. The second-order valence-electron chi connectivity index (χ2n) is 3.12. The molecule has 0 aliphatic heterocycles. The summed E-state index contributed by atoms with van der Waals surface area (Å²) in [4.78, 5) is 10.7. The first-order valence-corrected chi connectivity index (χ1v) is 4.20. The molecule has 0 saturated heterocycles. The number of nitrogens with one attached hydrogen (secondary N) is 1. The van der Waals surface area contributed by atoms with Gasteiger partial charge in [0.15, 0.2) is 0 Å². The van der Waals surface area contributed by atoms with E-state index >= 15 is 0 Å². The number of hydrogen-bond acceptors (Lipinski definition) is 4. The number of aliphatic hydroxyl groups is 1. The second-order valence-corrected chi connectivity index (χ2v) is 3.12. The monoisotopic (exact) mass is 173 g/mol. The lowest BCUT2D eigenvalue weighted by Crippen LogP contribution is -2.30. The standard InChI is InChI=1S/C8H15NO3/c1-12-8(11)4-7(10)5-9-6-2-3-6/h6-7,9-10H,2-5H2,1H3. The summed E-state index contributed by atoms with van der Waals surface area (Å²) in [5.74, 6) is -0.361. The van der Waals surface area contributed by atoms with Gasteiger partial charge in [-0.2, -0.15) is 0 Å². The van der Waals surface area contributed by atoms with Crippen molar-refractivity contribution in [3.05, 3.63) is 0 Å². The number of ether oxygens (including phenoxy) is 1. The van der Waals surface area contributed by atoms with E-state index in [2.05, 4.69) is 10.1 Å². The zero-order valence-corrected chi connectivity index (χ0v) is 7.25. The van der Waals surface area contributed by atoms with E-state index in [0.717, 1.165) is 0 Å². The van der Waals surface area contributed by atoms with Gasteiger partial charge in [-0.3, -0.25) is 4.79 Å². The Morgan fingerprint density at radius 1 is 1.75 bits per heavy atom. The highest BCUT2D eigenvalue weighted by Gasteiger charge is 2.21. The molecule has 2 N–H and O–H groups in total. The van der Waals surface area contributed by atoms with E-state index < -0.39 is 6.10 Å². The first-order chi connectivity index (χ1) is 5.72. The molecule has 12 heavy (non-hydrogen) atoms. The van der Waals surface area contributed by atoms with Crippen LogP contribution in [-0.4, -0.2) is 36.9 Å². The first-order valence-electron chi connectivity index (χ1n) is 4.20. The van der Waals surface area contributed by atoms with Gasteiger partial charge in [-0.05, 0) is 12.8 Å². The maximum atomic E-state index is 10.7. The third-order valence-electron chi connectivity index (χ3n) is 1.85. The number of rotatable bonds is 5. The third kappa shape index (κ3) is 3.69. The van der Waals surface area contributed by atoms with Crippen LogP contribution in [0.1, 0.15) is 19.3 Å². The fourth-order valence-electron chi connectivity index (χ4n) is 0.938. The Bertz CT molecular complexity index is 156. The van der Waals surface area contributed by atoms with Crippen molar-refractivity contribution in [1.82, 2.24) is 5.32 Å². The maximum absolute atomic E-state index is 10.7. The minimum Gasteiger partial charge on any atom is -0.469 e. The van der Waals surface area contributed by atoms with Crippen LogP contribution in [0.15, 0.2) is 0 Å². The Hall–Kier alpha value is -0.610. The van der Waals surface area contributed by atoms with Crippen LogP contribution in [0.25, 0.3) is 0 Å². The van der Waals surface area contributed by atoms with Crippen molar-refractivity contribution in [2.24, 2.45) is 0 Å². The fraction of sp³-hybridized carbons (Fsp3) is 0.875. The normalized spacial score (nSPS) is 18.8. The average Bonchev–Trinajstić information content (AvgIpc) is 2.83. The predicted molar refractivity (Wildman–Crippen MR) is 43.7 cm³/mol. The summed E-state index contributed by atoms with van der Waals surface area (Å²) in [6, 6.07) is 0.567. The lowest BCUT2D eigenvalue weighted by Gasteiger charge is -2.09. The van der Waals surface area contributed by atoms with Gasteiger partial charge in [-0.25, -0.2) is 0 Å². The maximum Gasteiger partial charge on any atom is 0.308 e. The van der Waals surface area contributed by atoms with E-state index in [0.29, 0.717) is 12.6 Å². The van der Waals surface area contributed by atoms with E-state index in [1.165, 1.54) is 20.0 Å². The van der Waals surface area contributed by atoms with Crippen molar-refractivity contribution in [3.63, 3.8) is 0 Å². The largest absolute Gasteiger partial charge is 0.469 e. The molecule has 4 heteroatoms. The predicted octanol–water partition coefficient (Wildman–Crippen LogP) is -0.338. The van der Waals surface area contributed by atoms with E-state index in [9.17, 15) is 9.90 Å². The number of methoxy groups -OCH3 is 1. The summed E-state index contributed by atoms with van der Waals surface area (Å²) in [7, 11) is 1.32. The number of carbonyl (C=O) groups excluding carboxylic acids is 1. The van der Waals surface area contributed by atoms with E-state index in [-0.39, 0.29) is 12.4 Å². The van der Waals surface area contributed by atoms with Gasteiger partial charge in [0.05, 0.1) is 19.6 Å². The van der Waals surface area contributed by atoms with E-state index in [4.69, 9.17) is 0 Å². The summed E-state index contributed by atoms with van der Waals surface area (Å²) in [5.41, 5.74) is 0. The smallest absolute Gasteiger partial charge is 0.308 e. The molecule has 1 atom stereocenters. The zero-order valence-electron chi connectivity index (χ0n) is 7.25. The van der Waals surface area contributed by atoms with Crippen molar-refractivity contribution in [3.8, 4) is 0 Å². The van der Waals surface area contributed by atoms with Crippen molar-refractivity contribution in [2.75, 3.05) is 13.7 Å². The summed E-state index contributed by atoms with van der Waals surface area (Å²) in [5, 5.41) is 12.4. The highest BCUT2D eigenvalue weighted by molar-refractivity contribution is 5.69. The number of esters is 1. The summed E-state index contributed by atoms with van der Waals surface area (Å²) in [6.07, 6.45) is 1.84. The van der Waals surface area contributed by atoms with Crippen molar-refractivity contribution in [2.45, 2.75) is 31.4 Å². The van der Waals surface area contributed by atoms with Gasteiger partial charge in [0.25, 0.3) is 0 Å². The van der Waals surface area contributed by atoms with Crippen LogP contribution in [0, 0.1) is 0 Å². The molecule has 1 unspecified atom stereocenters. The van der Waals surface area contributed by atoms with Gasteiger partial charge in [-0.15, -0.1) is 0 Å². The minimum atomic E-state index is -0.613. The number of hydrogen-bond donors (Lipinski definition) is 2. The van der Waals surface area contributed by atoms with Gasteiger partial charge in [0.2, 0.25) is 0 Å². The van der Waals surface area contributed by atoms with Crippen LogP contribution in [-0.2, 0) is 9.53 Å². The van der Waals surface area contributed by atoms with Crippen LogP contribution in [0.3, 0.4) is 0 Å². The summed E-state index contributed by atoms with van der Waals surface area (Å²) in [6.45, 7) is 0.486. The van der Waals surface area contributed by atoms with Crippen LogP contribution < -0.4 is 5.32 Å². The van der Waals surface area contributed by atoms with Crippen LogP contribution >= 0.6 is 0 Å². The highest BCUT2D eigenvalue weighted by atomic mass is 16.5. The first kappa shape index (κ1) is 9.48. The van der Waals surface area contributed by atoms with Crippen molar-refractivity contribution < 1.29 is 14.6 Å². The molecule has 0 heterocycles. The van der Waals surface area contributed by atoms with Gasteiger partial charge in [0, 0.05) is 12.6 Å². The molecule has 1 saturated carbocycles. The zero-order chi connectivity index (χ0) is 8.97. The molecule has 0 bridgehead atoms. The van der Waals surface area contributed by atoms with Crippen LogP contribution in [0.5, 0.6) is 0 Å². The minimum absolute atomic E-state index is 0.0796. The molecule has 1 aliphatic carbocycles. The van der Waals surface area contributed by atoms with Crippen molar-refractivity contribution >= 4 is 5.97 Å². The molecule has 0 aromatic heterocycles. The molecule has 1 aliphatic rings. The number of carbonyl (C=O) groups is 1. The van der Waals surface area contributed by atoms with E-state index in [1.807, 2.05) is 0 Å². The molecule has 1 rings (SSSR count). The molecule has 0 spiro atoms. The molecule has 0 radical (unpaired) electrons. The average molecular weight is 173 g/mol. The molecular formula is C8H15NO3. The molecule has 70 valence electrons.